The van der Waals surface area contributed by atoms with Gasteiger partial charge in [-0.1, -0.05) is 55.3 Å². The van der Waals surface area contributed by atoms with Crippen molar-refractivity contribution in [1.29, 1.82) is 0 Å². The molecule has 2 heterocycles. The summed E-state index contributed by atoms with van der Waals surface area (Å²) in [6.07, 6.45) is 7.32. The summed E-state index contributed by atoms with van der Waals surface area (Å²) in [4.78, 5) is 55.6. The monoisotopic (exact) mass is 582 g/mol. The van der Waals surface area contributed by atoms with E-state index in [2.05, 4.69) is 16.6 Å². The summed E-state index contributed by atoms with van der Waals surface area (Å²) < 4.78 is 20.3. The summed E-state index contributed by atoms with van der Waals surface area (Å²) in [6, 6.07) is 16.3. The predicted molar refractivity (Wildman–Crippen MR) is 157 cm³/mol. The molecule has 5 rings (SSSR count). The van der Waals surface area contributed by atoms with Gasteiger partial charge in [-0.25, -0.2) is 14.1 Å². The fourth-order valence-corrected chi connectivity index (χ4v) is 5.36. The van der Waals surface area contributed by atoms with E-state index in [9.17, 15) is 23.6 Å². The Bertz CT molecular complexity index is 1560. The van der Waals surface area contributed by atoms with Crippen molar-refractivity contribution >= 4 is 29.4 Å². The van der Waals surface area contributed by atoms with Gasteiger partial charge in [0, 0.05) is 24.6 Å². The van der Waals surface area contributed by atoms with E-state index >= 15 is 0 Å². The molecule has 0 spiro atoms. The van der Waals surface area contributed by atoms with E-state index in [0.717, 1.165) is 36.9 Å². The van der Waals surface area contributed by atoms with Crippen molar-refractivity contribution in [3.63, 3.8) is 0 Å². The van der Waals surface area contributed by atoms with E-state index in [4.69, 9.17) is 11.2 Å². The molecule has 2 fully saturated rings. The number of anilines is 1. The van der Waals surface area contributed by atoms with Crippen LogP contribution in [0, 0.1) is 18.2 Å². The Morgan fingerprint density at radius 3 is 2.42 bits per heavy atom. The van der Waals surface area contributed by atoms with Gasteiger partial charge in [-0.3, -0.25) is 14.4 Å². The minimum Gasteiger partial charge on any atom is -0.484 e. The molecule has 0 bridgehead atoms. The highest BCUT2D eigenvalue weighted by atomic mass is 19.1. The van der Waals surface area contributed by atoms with E-state index < -0.39 is 41.7 Å². The third-order valence-corrected chi connectivity index (χ3v) is 7.74. The highest BCUT2D eigenvalue weighted by Gasteiger charge is 2.47. The van der Waals surface area contributed by atoms with Gasteiger partial charge in [-0.2, -0.15) is 0 Å². The third kappa shape index (κ3) is 6.36. The average Bonchev–Trinajstić information content (AvgIpc) is 3.67. The number of amides is 5. The Labute approximate surface area is 249 Å². The molecule has 10 heteroatoms. The summed E-state index contributed by atoms with van der Waals surface area (Å²) in [7, 11) is 0. The Morgan fingerprint density at radius 2 is 1.77 bits per heavy atom. The van der Waals surface area contributed by atoms with Crippen molar-refractivity contribution in [2.75, 3.05) is 25.0 Å². The average molecular weight is 583 g/mol. The first kappa shape index (κ1) is 29.3. The second-order valence-corrected chi connectivity index (χ2v) is 10.5. The van der Waals surface area contributed by atoms with Gasteiger partial charge < -0.3 is 20.3 Å². The third-order valence-electron chi connectivity index (χ3n) is 7.74. The quantitative estimate of drug-likeness (QED) is 0.290. The Hall–Kier alpha value is -5.17. The second kappa shape index (κ2) is 12.8. The first-order chi connectivity index (χ1) is 20.8. The van der Waals surface area contributed by atoms with Gasteiger partial charge in [0.1, 0.15) is 23.7 Å². The van der Waals surface area contributed by atoms with Crippen molar-refractivity contribution in [2.24, 2.45) is 0 Å². The van der Waals surface area contributed by atoms with Gasteiger partial charge in [0.05, 0.1) is 5.69 Å². The van der Waals surface area contributed by atoms with Crippen molar-refractivity contribution < 1.29 is 28.3 Å². The number of halogens is 1. The van der Waals surface area contributed by atoms with Crippen LogP contribution in [0.4, 0.5) is 14.9 Å². The smallest absolute Gasteiger partial charge is 0.325 e. The molecule has 0 aliphatic carbocycles. The van der Waals surface area contributed by atoms with Crippen LogP contribution in [0.5, 0.6) is 5.75 Å². The fraction of sp³-hybridized carbons (Fsp3) is 0.273. The summed E-state index contributed by atoms with van der Waals surface area (Å²) in [5, 5.41) is 5.20. The zero-order chi connectivity index (χ0) is 30.5. The number of nitrogens with zero attached hydrogens (tertiary/aromatic N) is 2. The molecule has 3 aromatic carbocycles. The number of urea groups is 1. The first-order valence-corrected chi connectivity index (χ1v) is 14.0. The number of imide groups is 1. The minimum atomic E-state index is -1.30. The van der Waals surface area contributed by atoms with Gasteiger partial charge in [0.25, 0.3) is 11.8 Å². The van der Waals surface area contributed by atoms with E-state index in [-0.39, 0.29) is 18.2 Å². The topological polar surface area (TPSA) is 108 Å². The number of ether oxygens (including phenoxy) is 1. The summed E-state index contributed by atoms with van der Waals surface area (Å²) >= 11 is 0. The van der Waals surface area contributed by atoms with Crippen molar-refractivity contribution in [1.82, 2.24) is 15.1 Å². The first-order valence-electron chi connectivity index (χ1n) is 14.0. The molecular formula is C33H31FN4O5. The van der Waals surface area contributed by atoms with Crippen LogP contribution in [-0.4, -0.2) is 59.3 Å². The number of benzene rings is 3. The van der Waals surface area contributed by atoms with Gasteiger partial charge in [-0.05, 0) is 54.3 Å². The molecule has 2 saturated heterocycles. The molecule has 2 N–H and O–H groups in total. The number of hydrogen-bond donors (Lipinski definition) is 2. The van der Waals surface area contributed by atoms with Crippen LogP contribution in [0.3, 0.4) is 0 Å². The molecule has 0 radical (unpaired) electrons. The largest absolute Gasteiger partial charge is 0.484 e. The molecular weight excluding hydrogens is 551 g/mol. The van der Waals surface area contributed by atoms with Gasteiger partial charge in [-0.15, -0.1) is 6.42 Å². The van der Waals surface area contributed by atoms with Crippen LogP contribution in [0.25, 0.3) is 0 Å². The van der Waals surface area contributed by atoms with Crippen LogP contribution in [0.1, 0.15) is 48.4 Å². The van der Waals surface area contributed by atoms with Crippen LogP contribution in [-0.2, 0) is 14.4 Å². The van der Waals surface area contributed by atoms with Gasteiger partial charge in [0.2, 0.25) is 5.91 Å². The van der Waals surface area contributed by atoms with Crippen LogP contribution in [0.2, 0.25) is 0 Å². The molecule has 0 aromatic heterocycles. The van der Waals surface area contributed by atoms with Crippen molar-refractivity contribution in [2.45, 2.75) is 37.8 Å². The maximum absolute atomic E-state index is 14.7. The number of hydrogen-bond acceptors (Lipinski definition) is 5. The highest BCUT2D eigenvalue weighted by molar-refractivity contribution is 6.10. The maximum atomic E-state index is 14.7. The second-order valence-electron chi connectivity index (χ2n) is 10.5. The van der Waals surface area contributed by atoms with E-state index in [0.29, 0.717) is 22.4 Å². The molecule has 3 atom stereocenters. The standard InChI is InChI=1S/C33H31FN4O5/c1-3-22-11-16-27(26(34)19-22)35-31(40)30(21(2)23-9-5-4-6-10-23)38-32(41)29(36-33(38)42)24-12-14-25(15-13-24)43-20-28(39)37-17-7-8-18-37/h1,4-6,9-16,19,21,29-30H,7-8,17-18,20H2,2H3,(H,35,40)(H,36,42)/t21-,29+,30-/m0/s1. The SMILES string of the molecule is C#Cc1ccc(NC(=O)[C@H]([C@@H](C)c2ccccc2)N2C(=O)N[C@H](c3ccc(OCC(=O)N4CCCC4)cc3)C2=O)c(F)c1. The van der Waals surface area contributed by atoms with Crippen LogP contribution < -0.4 is 15.4 Å². The number of rotatable bonds is 9. The predicted octanol–water partition coefficient (Wildman–Crippen LogP) is 4.21. The van der Waals surface area contributed by atoms with Crippen LogP contribution >= 0.6 is 0 Å². The van der Waals surface area contributed by atoms with E-state index in [1.54, 1.807) is 60.4 Å². The van der Waals surface area contributed by atoms with Gasteiger partial charge in [0.15, 0.2) is 6.61 Å². The fourth-order valence-electron chi connectivity index (χ4n) is 5.36. The number of carbonyl (C=O) groups is 4. The molecule has 5 amide bonds. The number of likely N-dealkylation sites (tertiary alicyclic amines) is 1. The number of nitrogens with one attached hydrogen (secondary N) is 2. The summed E-state index contributed by atoms with van der Waals surface area (Å²) in [5.41, 5.74) is 1.36. The molecule has 2 aliphatic rings. The summed E-state index contributed by atoms with van der Waals surface area (Å²) in [5.74, 6) is -0.0520. The minimum absolute atomic E-state index is 0.0841. The zero-order valence-corrected chi connectivity index (χ0v) is 23.6. The molecule has 3 aromatic rings. The Morgan fingerprint density at radius 1 is 1.07 bits per heavy atom. The molecule has 2 aliphatic heterocycles. The van der Waals surface area contributed by atoms with Gasteiger partial charge >= 0.3 is 6.03 Å². The Kier molecular flexibility index (Phi) is 8.71. The summed E-state index contributed by atoms with van der Waals surface area (Å²) in [6.45, 7) is 3.10. The normalized spacial score (nSPS) is 17.7. The van der Waals surface area contributed by atoms with Crippen LogP contribution in [0.15, 0.2) is 72.8 Å². The van der Waals surface area contributed by atoms with E-state index in [1.165, 1.54) is 12.1 Å². The number of terminal acetylenes is 1. The lowest BCUT2D eigenvalue weighted by Gasteiger charge is -2.30. The van der Waals surface area contributed by atoms with E-state index in [1.807, 2.05) is 6.07 Å². The lowest BCUT2D eigenvalue weighted by Crippen LogP contribution is -2.50. The maximum Gasteiger partial charge on any atom is 0.325 e. The zero-order valence-electron chi connectivity index (χ0n) is 23.6. The molecule has 0 unspecified atom stereocenters. The molecule has 9 nitrogen and oxygen atoms in total. The Balaban J connectivity index is 1.35. The molecule has 0 saturated carbocycles. The lowest BCUT2D eigenvalue weighted by molar-refractivity contribution is -0.134. The molecule has 43 heavy (non-hydrogen) atoms. The van der Waals surface area contributed by atoms with Crippen molar-refractivity contribution in [3.8, 4) is 18.1 Å². The lowest BCUT2D eigenvalue weighted by atomic mass is 9.91. The van der Waals surface area contributed by atoms with Crippen molar-refractivity contribution in [3.05, 3.63) is 95.3 Å². The molecule has 220 valence electrons. The number of carbonyl (C=O) groups excluding carboxylic acids is 4. The highest BCUT2D eigenvalue weighted by Crippen LogP contribution is 2.32.